The van der Waals surface area contributed by atoms with Crippen LogP contribution in [0.4, 0.5) is 0 Å². The van der Waals surface area contributed by atoms with Crippen LogP contribution in [0.25, 0.3) is 0 Å². The minimum absolute atomic E-state index is 0.0630. The molecule has 3 unspecified atom stereocenters. The third-order valence-electron chi connectivity index (χ3n) is 4.68. The van der Waals surface area contributed by atoms with E-state index in [1.165, 1.54) is 25.7 Å². The summed E-state index contributed by atoms with van der Waals surface area (Å²) < 4.78 is 5.98. The smallest absolute Gasteiger partial charge is 0.249 e. The van der Waals surface area contributed by atoms with Gasteiger partial charge in [-0.15, -0.1) is 0 Å². The molecule has 0 aromatic rings. The van der Waals surface area contributed by atoms with Gasteiger partial charge >= 0.3 is 0 Å². The number of nitrogens with one attached hydrogen (secondary N) is 2. The van der Waals surface area contributed by atoms with Crippen LogP contribution in [-0.4, -0.2) is 37.2 Å². The number of carbonyl (C=O) groups excluding carboxylic acids is 1. The Morgan fingerprint density at radius 1 is 1.20 bits per heavy atom. The quantitative estimate of drug-likeness (QED) is 0.777. The summed E-state index contributed by atoms with van der Waals surface area (Å²) in [6, 6.07) is 0.295. The van der Waals surface area contributed by atoms with Crippen molar-refractivity contribution in [2.24, 2.45) is 5.92 Å². The second-order valence-electron chi connectivity index (χ2n) is 6.48. The fraction of sp³-hybridized carbons (Fsp3) is 0.938. The van der Waals surface area contributed by atoms with Crippen LogP contribution in [0.5, 0.6) is 0 Å². The van der Waals surface area contributed by atoms with E-state index in [9.17, 15) is 4.79 Å². The topological polar surface area (TPSA) is 50.4 Å². The SMILES string of the molecule is CC(OC1CCCCCC1)C(=O)NC1CCNCC1C. The average Bonchev–Trinajstić information content (AvgIpc) is 2.70. The molecule has 1 heterocycles. The Kier molecular flexibility index (Phi) is 6.30. The Labute approximate surface area is 123 Å². The van der Waals surface area contributed by atoms with Crippen LogP contribution >= 0.6 is 0 Å². The second kappa shape index (κ2) is 7.99. The van der Waals surface area contributed by atoms with Crippen LogP contribution in [0.1, 0.15) is 58.8 Å². The second-order valence-corrected chi connectivity index (χ2v) is 6.48. The van der Waals surface area contributed by atoms with Crippen LogP contribution in [0, 0.1) is 5.92 Å². The van der Waals surface area contributed by atoms with Crippen molar-refractivity contribution in [3.63, 3.8) is 0 Å². The minimum Gasteiger partial charge on any atom is -0.365 e. The molecular formula is C16H30N2O2. The number of hydrogen-bond donors (Lipinski definition) is 2. The number of amides is 1. The van der Waals surface area contributed by atoms with Crippen molar-refractivity contribution in [3.8, 4) is 0 Å². The van der Waals surface area contributed by atoms with Crippen molar-refractivity contribution in [2.45, 2.75) is 77.0 Å². The zero-order chi connectivity index (χ0) is 14.4. The molecule has 3 atom stereocenters. The first-order chi connectivity index (χ1) is 9.66. The van der Waals surface area contributed by atoms with E-state index in [1.54, 1.807) is 0 Å². The zero-order valence-corrected chi connectivity index (χ0v) is 13.0. The molecule has 4 heteroatoms. The molecule has 0 radical (unpaired) electrons. The number of hydrogen-bond acceptors (Lipinski definition) is 3. The van der Waals surface area contributed by atoms with Crippen LogP contribution in [0.2, 0.25) is 0 Å². The number of carbonyl (C=O) groups is 1. The molecule has 1 aliphatic heterocycles. The van der Waals surface area contributed by atoms with E-state index in [0.717, 1.165) is 32.4 Å². The Bertz CT molecular complexity index is 301. The lowest BCUT2D eigenvalue weighted by molar-refractivity contribution is -0.137. The van der Waals surface area contributed by atoms with Gasteiger partial charge in [0.1, 0.15) is 6.10 Å². The van der Waals surface area contributed by atoms with E-state index in [4.69, 9.17) is 4.74 Å². The molecular weight excluding hydrogens is 252 g/mol. The Hall–Kier alpha value is -0.610. The van der Waals surface area contributed by atoms with E-state index >= 15 is 0 Å². The van der Waals surface area contributed by atoms with Crippen molar-refractivity contribution < 1.29 is 9.53 Å². The van der Waals surface area contributed by atoms with E-state index < -0.39 is 0 Å². The summed E-state index contributed by atoms with van der Waals surface area (Å²) in [6.07, 6.45) is 8.31. The Balaban J connectivity index is 1.75. The van der Waals surface area contributed by atoms with Gasteiger partial charge in [0.05, 0.1) is 6.10 Å². The maximum atomic E-state index is 12.3. The van der Waals surface area contributed by atoms with E-state index in [1.807, 2.05) is 6.92 Å². The lowest BCUT2D eigenvalue weighted by Crippen LogP contribution is -2.51. The predicted molar refractivity (Wildman–Crippen MR) is 80.6 cm³/mol. The third kappa shape index (κ3) is 4.74. The van der Waals surface area contributed by atoms with Gasteiger partial charge in [0.2, 0.25) is 5.91 Å². The maximum absolute atomic E-state index is 12.3. The van der Waals surface area contributed by atoms with E-state index in [-0.39, 0.29) is 18.1 Å². The van der Waals surface area contributed by atoms with Gasteiger partial charge in [-0.1, -0.05) is 32.6 Å². The van der Waals surface area contributed by atoms with Crippen LogP contribution in [-0.2, 0) is 9.53 Å². The average molecular weight is 282 g/mol. The summed E-state index contributed by atoms with van der Waals surface area (Å²) in [5.41, 5.74) is 0. The van der Waals surface area contributed by atoms with Crippen LogP contribution in [0.15, 0.2) is 0 Å². The molecule has 1 saturated heterocycles. The molecule has 0 bridgehead atoms. The summed E-state index contributed by atoms with van der Waals surface area (Å²) in [7, 11) is 0. The summed E-state index contributed by atoms with van der Waals surface area (Å²) in [5.74, 6) is 0.561. The minimum atomic E-state index is -0.319. The maximum Gasteiger partial charge on any atom is 0.249 e. The lowest BCUT2D eigenvalue weighted by Gasteiger charge is -2.31. The van der Waals surface area contributed by atoms with E-state index in [2.05, 4.69) is 17.6 Å². The van der Waals surface area contributed by atoms with Crippen LogP contribution in [0.3, 0.4) is 0 Å². The first-order valence-corrected chi connectivity index (χ1v) is 8.33. The van der Waals surface area contributed by atoms with Gasteiger partial charge in [-0.25, -0.2) is 0 Å². The summed E-state index contributed by atoms with van der Waals surface area (Å²) in [6.45, 7) is 6.07. The van der Waals surface area contributed by atoms with Gasteiger partial charge in [0, 0.05) is 6.04 Å². The molecule has 1 saturated carbocycles. The van der Waals surface area contributed by atoms with Gasteiger partial charge in [-0.05, 0) is 45.2 Å². The highest BCUT2D eigenvalue weighted by atomic mass is 16.5. The Morgan fingerprint density at radius 3 is 2.55 bits per heavy atom. The summed E-state index contributed by atoms with van der Waals surface area (Å²) >= 11 is 0. The van der Waals surface area contributed by atoms with Gasteiger partial charge in [0.15, 0.2) is 0 Å². The molecule has 2 N–H and O–H groups in total. The molecule has 1 aliphatic carbocycles. The van der Waals surface area contributed by atoms with Crippen molar-refractivity contribution in [1.82, 2.24) is 10.6 Å². The normalized spacial score (nSPS) is 30.5. The van der Waals surface area contributed by atoms with Gasteiger partial charge in [0.25, 0.3) is 0 Å². The zero-order valence-electron chi connectivity index (χ0n) is 13.0. The van der Waals surface area contributed by atoms with Gasteiger partial charge in [-0.2, -0.15) is 0 Å². The number of piperidine rings is 1. The number of ether oxygens (including phenoxy) is 1. The fourth-order valence-electron chi connectivity index (χ4n) is 3.26. The first kappa shape index (κ1) is 15.8. The monoisotopic (exact) mass is 282 g/mol. The standard InChI is InChI=1S/C16H30N2O2/c1-12-11-17-10-9-15(12)18-16(19)13(2)20-14-7-5-3-4-6-8-14/h12-15,17H,3-11H2,1-2H3,(H,18,19). The van der Waals surface area contributed by atoms with Crippen molar-refractivity contribution >= 4 is 5.91 Å². The first-order valence-electron chi connectivity index (χ1n) is 8.33. The molecule has 20 heavy (non-hydrogen) atoms. The largest absolute Gasteiger partial charge is 0.365 e. The molecule has 0 aromatic carbocycles. The van der Waals surface area contributed by atoms with Crippen LogP contribution < -0.4 is 10.6 Å². The number of rotatable bonds is 4. The molecule has 2 fully saturated rings. The fourth-order valence-corrected chi connectivity index (χ4v) is 3.26. The highest BCUT2D eigenvalue weighted by Gasteiger charge is 2.26. The van der Waals surface area contributed by atoms with Gasteiger partial charge in [-0.3, -0.25) is 4.79 Å². The molecule has 4 nitrogen and oxygen atoms in total. The van der Waals surface area contributed by atoms with Gasteiger partial charge < -0.3 is 15.4 Å². The molecule has 116 valence electrons. The molecule has 1 amide bonds. The van der Waals surface area contributed by atoms with E-state index in [0.29, 0.717) is 12.0 Å². The highest BCUT2D eigenvalue weighted by Crippen LogP contribution is 2.21. The molecule has 2 rings (SSSR count). The van der Waals surface area contributed by atoms with Crippen molar-refractivity contribution in [1.29, 1.82) is 0 Å². The molecule has 0 aromatic heterocycles. The summed E-state index contributed by atoms with van der Waals surface area (Å²) in [4.78, 5) is 12.3. The Morgan fingerprint density at radius 2 is 1.90 bits per heavy atom. The molecule has 0 spiro atoms. The van der Waals surface area contributed by atoms with Crippen molar-refractivity contribution in [3.05, 3.63) is 0 Å². The molecule has 2 aliphatic rings. The highest BCUT2D eigenvalue weighted by molar-refractivity contribution is 5.80. The predicted octanol–water partition coefficient (Wildman–Crippen LogP) is 2.23. The summed E-state index contributed by atoms with van der Waals surface area (Å²) in [5, 5.41) is 6.53. The lowest BCUT2D eigenvalue weighted by atomic mass is 9.95. The van der Waals surface area contributed by atoms with Crippen molar-refractivity contribution in [2.75, 3.05) is 13.1 Å². The third-order valence-corrected chi connectivity index (χ3v) is 4.68.